The van der Waals surface area contributed by atoms with Crippen LogP contribution in [-0.4, -0.2) is 35.6 Å². The number of nitrogens with zero attached hydrogens (tertiary/aromatic N) is 1. The second kappa shape index (κ2) is 5.50. The molecule has 0 aromatic rings. The van der Waals surface area contributed by atoms with E-state index >= 15 is 0 Å². The Kier molecular flexibility index (Phi) is 4.81. The van der Waals surface area contributed by atoms with Gasteiger partial charge in [0.2, 0.25) is 0 Å². The highest BCUT2D eigenvalue weighted by atomic mass is 15.3. The Balaban J connectivity index is 2.78. The Morgan fingerprint density at radius 3 is 2.12 bits per heavy atom. The first-order valence-corrected chi connectivity index (χ1v) is 7.06. The average Bonchev–Trinajstić information content (AvgIpc) is 2.32. The van der Waals surface area contributed by atoms with E-state index in [1.54, 1.807) is 0 Å². The first-order chi connectivity index (χ1) is 7.55. The fourth-order valence-corrected chi connectivity index (χ4v) is 3.11. The van der Waals surface area contributed by atoms with Crippen LogP contribution in [0.25, 0.3) is 0 Å². The third kappa shape index (κ3) is 2.60. The van der Waals surface area contributed by atoms with Gasteiger partial charge in [0, 0.05) is 30.7 Å². The molecule has 1 rings (SSSR count). The Morgan fingerprint density at radius 1 is 1.12 bits per heavy atom. The van der Waals surface area contributed by atoms with Gasteiger partial charge < -0.3 is 5.32 Å². The van der Waals surface area contributed by atoms with Gasteiger partial charge in [0.15, 0.2) is 0 Å². The third-order valence-corrected chi connectivity index (χ3v) is 4.90. The number of hydrogen-bond donors (Lipinski definition) is 1. The maximum absolute atomic E-state index is 3.68. The smallest absolute Gasteiger partial charge is 0.0278 e. The molecule has 1 fully saturated rings. The summed E-state index contributed by atoms with van der Waals surface area (Å²) in [5.74, 6) is 0. The zero-order valence-corrected chi connectivity index (χ0v) is 11.9. The highest BCUT2D eigenvalue weighted by Gasteiger charge is 2.38. The van der Waals surface area contributed by atoms with Gasteiger partial charge >= 0.3 is 0 Å². The van der Waals surface area contributed by atoms with Crippen molar-refractivity contribution in [3.8, 4) is 0 Å². The maximum atomic E-state index is 3.68. The molecule has 1 unspecified atom stereocenters. The molecule has 1 N–H and O–H groups in total. The van der Waals surface area contributed by atoms with Crippen LogP contribution in [0.4, 0.5) is 0 Å². The van der Waals surface area contributed by atoms with Crippen molar-refractivity contribution in [1.82, 2.24) is 10.2 Å². The van der Waals surface area contributed by atoms with Gasteiger partial charge in [-0.2, -0.15) is 0 Å². The van der Waals surface area contributed by atoms with Crippen LogP contribution in [0.3, 0.4) is 0 Å². The largest absolute Gasteiger partial charge is 0.309 e. The lowest BCUT2D eigenvalue weighted by Crippen LogP contribution is -2.64. The highest BCUT2D eigenvalue weighted by molar-refractivity contribution is 4.97. The molecule has 0 spiro atoms. The summed E-state index contributed by atoms with van der Waals surface area (Å²) >= 11 is 0. The molecule has 0 amide bonds. The van der Waals surface area contributed by atoms with Crippen molar-refractivity contribution in [3.63, 3.8) is 0 Å². The van der Waals surface area contributed by atoms with Crippen molar-refractivity contribution in [3.05, 3.63) is 0 Å². The minimum Gasteiger partial charge on any atom is -0.309 e. The van der Waals surface area contributed by atoms with Gasteiger partial charge in [-0.25, -0.2) is 0 Å². The number of nitrogens with one attached hydrogen (secondary N) is 1. The summed E-state index contributed by atoms with van der Waals surface area (Å²) in [6.07, 6.45) is 5.05. The molecule has 0 radical (unpaired) electrons. The second-order valence-electron chi connectivity index (χ2n) is 5.55. The predicted molar refractivity (Wildman–Crippen MR) is 71.9 cm³/mol. The summed E-state index contributed by atoms with van der Waals surface area (Å²) in [7, 11) is 0. The fourth-order valence-electron chi connectivity index (χ4n) is 3.11. The van der Waals surface area contributed by atoms with Crippen molar-refractivity contribution in [2.24, 2.45) is 0 Å². The molecule has 1 atom stereocenters. The molecule has 1 aliphatic heterocycles. The molecular formula is C14H30N2. The van der Waals surface area contributed by atoms with Crippen LogP contribution in [0, 0.1) is 0 Å². The molecule has 96 valence electrons. The SMILES string of the molecule is CCC1(C)CN(C(CC)(CC)CC)CCN1. The molecule has 0 aromatic heterocycles. The molecule has 16 heavy (non-hydrogen) atoms. The van der Waals surface area contributed by atoms with Crippen LogP contribution >= 0.6 is 0 Å². The standard InChI is InChI=1S/C14H30N2/c1-6-13(5)12-16(11-10-15-13)14(7-2,8-3)9-4/h15H,6-12H2,1-5H3. The Morgan fingerprint density at radius 2 is 1.69 bits per heavy atom. The normalized spacial score (nSPS) is 28.3. The first-order valence-electron chi connectivity index (χ1n) is 7.06. The fraction of sp³-hybridized carbons (Fsp3) is 1.00. The monoisotopic (exact) mass is 226 g/mol. The summed E-state index contributed by atoms with van der Waals surface area (Å²) in [5, 5.41) is 3.68. The van der Waals surface area contributed by atoms with Crippen molar-refractivity contribution in [2.45, 2.75) is 71.4 Å². The summed E-state index contributed by atoms with van der Waals surface area (Å²) < 4.78 is 0. The van der Waals surface area contributed by atoms with Crippen molar-refractivity contribution >= 4 is 0 Å². The quantitative estimate of drug-likeness (QED) is 0.775. The molecular weight excluding hydrogens is 196 g/mol. The van der Waals surface area contributed by atoms with Crippen molar-refractivity contribution in [1.29, 1.82) is 0 Å². The number of piperazine rings is 1. The van der Waals surface area contributed by atoms with E-state index in [1.807, 2.05) is 0 Å². The van der Waals surface area contributed by atoms with E-state index in [1.165, 1.54) is 38.8 Å². The van der Waals surface area contributed by atoms with E-state index in [-0.39, 0.29) is 0 Å². The second-order valence-corrected chi connectivity index (χ2v) is 5.55. The zero-order valence-electron chi connectivity index (χ0n) is 11.9. The van der Waals surface area contributed by atoms with Gasteiger partial charge in [0.25, 0.3) is 0 Å². The van der Waals surface area contributed by atoms with Crippen LogP contribution in [0.15, 0.2) is 0 Å². The lowest BCUT2D eigenvalue weighted by molar-refractivity contribution is 0.0196. The van der Waals surface area contributed by atoms with E-state index in [0.717, 1.165) is 6.54 Å². The Bertz CT molecular complexity index is 203. The lowest BCUT2D eigenvalue weighted by atomic mass is 9.84. The van der Waals surface area contributed by atoms with Crippen molar-refractivity contribution in [2.75, 3.05) is 19.6 Å². The van der Waals surface area contributed by atoms with E-state index < -0.39 is 0 Å². The minimum absolute atomic E-state index is 0.322. The molecule has 0 aromatic carbocycles. The number of hydrogen-bond acceptors (Lipinski definition) is 2. The predicted octanol–water partition coefficient (Wildman–Crippen LogP) is 3.03. The Labute approximate surface area is 102 Å². The summed E-state index contributed by atoms with van der Waals surface area (Å²) in [5.41, 5.74) is 0.765. The van der Waals surface area contributed by atoms with E-state index in [9.17, 15) is 0 Å². The van der Waals surface area contributed by atoms with E-state index in [4.69, 9.17) is 0 Å². The van der Waals surface area contributed by atoms with Gasteiger partial charge in [-0.15, -0.1) is 0 Å². The van der Waals surface area contributed by atoms with Gasteiger partial charge in [0.1, 0.15) is 0 Å². The molecule has 2 heteroatoms. The molecule has 0 saturated carbocycles. The van der Waals surface area contributed by atoms with E-state index in [0.29, 0.717) is 11.1 Å². The lowest BCUT2D eigenvalue weighted by Gasteiger charge is -2.50. The first kappa shape index (κ1) is 14.0. The molecule has 0 aliphatic carbocycles. The van der Waals surface area contributed by atoms with Crippen LogP contribution in [0.2, 0.25) is 0 Å². The summed E-state index contributed by atoms with van der Waals surface area (Å²) in [6.45, 7) is 15.3. The van der Waals surface area contributed by atoms with Gasteiger partial charge in [-0.1, -0.05) is 27.7 Å². The van der Waals surface area contributed by atoms with E-state index in [2.05, 4.69) is 44.8 Å². The number of rotatable bonds is 5. The van der Waals surface area contributed by atoms with Gasteiger partial charge in [-0.05, 0) is 32.6 Å². The molecule has 1 heterocycles. The van der Waals surface area contributed by atoms with Gasteiger partial charge in [0.05, 0.1) is 0 Å². The van der Waals surface area contributed by atoms with Crippen molar-refractivity contribution < 1.29 is 0 Å². The summed E-state index contributed by atoms with van der Waals surface area (Å²) in [6, 6.07) is 0. The Hall–Kier alpha value is -0.0800. The topological polar surface area (TPSA) is 15.3 Å². The zero-order chi connectivity index (χ0) is 12.2. The van der Waals surface area contributed by atoms with Crippen LogP contribution in [-0.2, 0) is 0 Å². The molecule has 2 nitrogen and oxygen atoms in total. The van der Waals surface area contributed by atoms with Gasteiger partial charge in [-0.3, -0.25) is 4.90 Å². The van der Waals surface area contributed by atoms with Crippen LogP contribution < -0.4 is 5.32 Å². The van der Waals surface area contributed by atoms with Crippen LogP contribution in [0.5, 0.6) is 0 Å². The highest BCUT2D eigenvalue weighted by Crippen LogP contribution is 2.31. The minimum atomic E-state index is 0.322. The maximum Gasteiger partial charge on any atom is 0.0278 e. The third-order valence-electron chi connectivity index (χ3n) is 4.90. The molecule has 0 bridgehead atoms. The molecule has 1 saturated heterocycles. The summed E-state index contributed by atoms with van der Waals surface area (Å²) in [4.78, 5) is 2.74. The molecule has 1 aliphatic rings. The average molecular weight is 226 g/mol. The van der Waals surface area contributed by atoms with Crippen LogP contribution in [0.1, 0.15) is 60.3 Å².